The van der Waals surface area contributed by atoms with Crippen molar-refractivity contribution in [3.05, 3.63) is 0 Å². The highest BCUT2D eigenvalue weighted by atomic mass is 16.6. The molecule has 0 aromatic carbocycles. The van der Waals surface area contributed by atoms with Gasteiger partial charge in [-0.05, 0) is 39.5 Å². The smallest absolute Gasteiger partial charge is 0.410 e. The lowest BCUT2D eigenvalue weighted by atomic mass is 9.94. The zero-order valence-electron chi connectivity index (χ0n) is 12.7. The Bertz CT molecular complexity index is 350. The predicted molar refractivity (Wildman–Crippen MR) is 73.2 cm³/mol. The molecule has 0 radical (unpaired) electrons. The van der Waals surface area contributed by atoms with E-state index in [4.69, 9.17) is 4.74 Å². The normalized spacial score (nSPS) is 23.9. The monoisotopic (exact) mass is 287 g/mol. The number of ether oxygens (including phenoxy) is 2. The zero-order valence-corrected chi connectivity index (χ0v) is 12.7. The summed E-state index contributed by atoms with van der Waals surface area (Å²) in [6.45, 7) is 6.37. The summed E-state index contributed by atoms with van der Waals surface area (Å²) >= 11 is 0. The SMILES string of the molecule is COC(=O)CC1CCN(C(=O)OC(C)(C)C)CCC1O. The Morgan fingerprint density at radius 3 is 2.40 bits per heavy atom. The largest absolute Gasteiger partial charge is 0.469 e. The number of hydrogen-bond acceptors (Lipinski definition) is 5. The lowest BCUT2D eigenvalue weighted by molar-refractivity contribution is -0.142. The minimum atomic E-state index is -0.596. The van der Waals surface area contributed by atoms with Crippen molar-refractivity contribution in [1.82, 2.24) is 4.90 Å². The Balaban J connectivity index is 2.57. The van der Waals surface area contributed by atoms with Crippen molar-refractivity contribution in [3.63, 3.8) is 0 Å². The number of nitrogens with zero attached hydrogens (tertiary/aromatic N) is 1. The van der Waals surface area contributed by atoms with Crippen molar-refractivity contribution in [3.8, 4) is 0 Å². The summed E-state index contributed by atoms with van der Waals surface area (Å²) in [7, 11) is 1.33. The quantitative estimate of drug-likeness (QED) is 0.780. The molecule has 0 saturated carbocycles. The number of rotatable bonds is 2. The van der Waals surface area contributed by atoms with E-state index in [1.54, 1.807) is 4.90 Å². The van der Waals surface area contributed by atoms with E-state index in [1.165, 1.54) is 7.11 Å². The van der Waals surface area contributed by atoms with Gasteiger partial charge in [-0.25, -0.2) is 4.79 Å². The van der Waals surface area contributed by atoms with E-state index in [-0.39, 0.29) is 24.4 Å². The fourth-order valence-corrected chi connectivity index (χ4v) is 2.19. The van der Waals surface area contributed by atoms with Crippen molar-refractivity contribution < 1.29 is 24.2 Å². The highest BCUT2D eigenvalue weighted by Gasteiger charge is 2.30. The van der Waals surface area contributed by atoms with Crippen LogP contribution in [0.2, 0.25) is 0 Å². The number of aliphatic hydroxyl groups excluding tert-OH is 1. The molecule has 1 saturated heterocycles. The summed E-state index contributed by atoms with van der Waals surface area (Å²) in [5.41, 5.74) is -0.534. The molecule has 1 aliphatic heterocycles. The Morgan fingerprint density at radius 1 is 1.25 bits per heavy atom. The zero-order chi connectivity index (χ0) is 15.3. The van der Waals surface area contributed by atoms with Crippen molar-refractivity contribution in [2.75, 3.05) is 20.2 Å². The van der Waals surface area contributed by atoms with Gasteiger partial charge in [0.25, 0.3) is 0 Å². The molecule has 0 aromatic heterocycles. The fourth-order valence-electron chi connectivity index (χ4n) is 2.19. The lowest BCUT2D eigenvalue weighted by Crippen LogP contribution is -2.37. The molecule has 1 rings (SSSR count). The van der Waals surface area contributed by atoms with Crippen molar-refractivity contribution in [2.45, 2.75) is 51.7 Å². The molecule has 6 nitrogen and oxygen atoms in total. The van der Waals surface area contributed by atoms with Crippen LogP contribution in [0.25, 0.3) is 0 Å². The molecular weight excluding hydrogens is 262 g/mol. The molecule has 0 spiro atoms. The van der Waals surface area contributed by atoms with E-state index in [0.717, 1.165) is 0 Å². The number of carbonyl (C=O) groups excluding carboxylic acids is 2. The Morgan fingerprint density at radius 2 is 1.85 bits per heavy atom. The van der Waals surface area contributed by atoms with Gasteiger partial charge in [-0.3, -0.25) is 4.79 Å². The summed E-state index contributed by atoms with van der Waals surface area (Å²) in [4.78, 5) is 24.9. The Hall–Kier alpha value is -1.30. The molecule has 20 heavy (non-hydrogen) atoms. The van der Waals surface area contributed by atoms with Gasteiger partial charge in [-0.2, -0.15) is 0 Å². The van der Waals surface area contributed by atoms with Crippen molar-refractivity contribution in [1.29, 1.82) is 0 Å². The maximum Gasteiger partial charge on any atom is 0.410 e. The fraction of sp³-hybridized carbons (Fsp3) is 0.857. The van der Waals surface area contributed by atoms with Crippen LogP contribution in [0, 0.1) is 5.92 Å². The van der Waals surface area contributed by atoms with E-state index in [2.05, 4.69) is 4.74 Å². The second kappa shape index (κ2) is 6.92. The van der Waals surface area contributed by atoms with Gasteiger partial charge in [-0.15, -0.1) is 0 Å². The summed E-state index contributed by atoms with van der Waals surface area (Å²) in [5.74, 6) is -0.505. The second-order valence-corrected chi connectivity index (χ2v) is 6.15. The number of amides is 1. The van der Waals surface area contributed by atoms with E-state index in [1.807, 2.05) is 20.8 Å². The average molecular weight is 287 g/mol. The molecule has 2 unspecified atom stereocenters. The van der Waals surface area contributed by atoms with Crippen LogP contribution in [0.3, 0.4) is 0 Å². The van der Waals surface area contributed by atoms with Crippen LogP contribution in [0.4, 0.5) is 4.79 Å². The molecule has 1 heterocycles. The molecule has 1 amide bonds. The van der Waals surface area contributed by atoms with E-state index < -0.39 is 11.7 Å². The third-order valence-corrected chi connectivity index (χ3v) is 3.32. The predicted octanol–water partition coefficient (Wildman–Crippen LogP) is 1.56. The standard InChI is InChI=1S/C14H25NO5/c1-14(2,3)20-13(18)15-7-5-10(9-12(17)19-4)11(16)6-8-15/h10-11,16H,5-9H2,1-4H3. The van der Waals surface area contributed by atoms with Crippen LogP contribution in [0.5, 0.6) is 0 Å². The second-order valence-electron chi connectivity index (χ2n) is 6.15. The molecule has 0 aromatic rings. The third kappa shape index (κ3) is 5.36. The Kier molecular flexibility index (Phi) is 5.80. The topological polar surface area (TPSA) is 76.1 Å². The first-order valence-electron chi connectivity index (χ1n) is 6.95. The first-order chi connectivity index (χ1) is 9.23. The van der Waals surface area contributed by atoms with Crippen LogP contribution in [-0.2, 0) is 14.3 Å². The third-order valence-electron chi connectivity index (χ3n) is 3.32. The minimum absolute atomic E-state index is 0.171. The van der Waals surface area contributed by atoms with Gasteiger partial charge in [0.15, 0.2) is 0 Å². The average Bonchev–Trinajstić information content (AvgIpc) is 2.50. The minimum Gasteiger partial charge on any atom is -0.469 e. The lowest BCUT2D eigenvalue weighted by Gasteiger charge is -2.26. The highest BCUT2D eigenvalue weighted by Crippen LogP contribution is 2.23. The number of esters is 1. The van der Waals surface area contributed by atoms with Crippen molar-refractivity contribution >= 4 is 12.1 Å². The molecular formula is C14H25NO5. The number of methoxy groups -OCH3 is 1. The van der Waals surface area contributed by atoms with Gasteiger partial charge in [0, 0.05) is 13.1 Å². The molecule has 1 N–H and O–H groups in total. The Labute approximate surface area is 120 Å². The van der Waals surface area contributed by atoms with Crippen LogP contribution in [-0.4, -0.2) is 54.0 Å². The number of aliphatic hydroxyl groups is 1. The van der Waals surface area contributed by atoms with E-state index in [9.17, 15) is 14.7 Å². The molecule has 1 fully saturated rings. The number of hydrogen-bond donors (Lipinski definition) is 1. The maximum absolute atomic E-state index is 12.0. The van der Waals surface area contributed by atoms with Gasteiger partial charge < -0.3 is 19.5 Å². The van der Waals surface area contributed by atoms with Crippen LogP contribution in [0.15, 0.2) is 0 Å². The molecule has 116 valence electrons. The first-order valence-corrected chi connectivity index (χ1v) is 6.95. The van der Waals surface area contributed by atoms with Crippen LogP contribution in [0.1, 0.15) is 40.0 Å². The molecule has 2 atom stereocenters. The van der Waals surface area contributed by atoms with Gasteiger partial charge >= 0.3 is 12.1 Å². The maximum atomic E-state index is 12.0. The highest BCUT2D eigenvalue weighted by molar-refractivity contribution is 5.70. The molecule has 0 bridgehead atoms. The van der Waals surface area contributed by atoms with Crippen molar-refractivity contribution in [2.24, 2.45) is 5.92 Å². The summed E-state index contributed by atoms with van der Waals surface area (Å²) < 4.78 is 9.95. The summed E-state index contributed by atoms with van der Waals surface area (Å²) in [6.07, 6.45) is 0.223. The molecule has 1 aliphatic rings. The summed E-state index contributed by atoms with van der Waals surface area (Å²) in [5, 5.41) is 10.0. The molecule has 0 aliphatic carbocycles. The van der Waals surface area contributed by atoms with Crippen LogP contribution < -0.4 is 0 Å². The number of carbonyl (C=O) groups is 2. The van der Waals surface area contributed by atoms with E-state index in [0.29, 0.717) is 25.9 Å². The number of likely N-dealkylation sites (tertiary alicyclic amines) is 1. The van der Waals surface area contributed by atoms with Crippen LogP contribution >= 0.6 is 0 Å². The van der Waals surface area contributed by atoms with Gasteiger partial charge in [0.2, 0.25) is 0 Å². The summed E-state index contributed by atoms with van der Waals surface area (Å²) in [6, 6.07) is 0. The van der Waals surface area contributed by atoms with Gasteiger partial charge in [-0.1, -0.05) is 0 Å². The van der Waals surface area contributed by atoms with E-state index >= 15 is 0 Å². The molecule has 6 heteroatoms. The first kappa shape index (κ1) is 16.8. The van der Waals surface area contributed by atoms with Gasteiger partial charge in [0.05, 0.1) is 19.6 Å². The van der Waals surface area contributed by atoms with Gasteiger partial charge in [0.1, 0.15) is 5.60 Å².